The molecule has 146 valence electrons. The largest absolute Gasteiger partial charge is 0.380 e. The molecule has 2 rings (SSSR count). The molecule has 0 saturated carbocycles. The van der Waals surface area contributed by atoms with E-state index in [4.69, 9.17) is 0 Å². The van der Waals surface area contributed by atoms with Gasteiger partial charge < -0.3 is 10.6 Å². The van der Waals surface area contributed by atoms with E-state index in [1.54, 1.807) is 30.3 Å². The van der Waals surface area contributed by atoms with E-state index in [0.29, 0.717) is 5.69 Å². The Hall–Kier alpha value is -2.48. The number of alkyl halides is 2. The number of benzene rings is 2. The van der Waals surface area contributed by atoms with Gasteiger partial charge in [-0.05, 0) is 36.2 Å². The predicted octanol–water partition coefficient (Wildman–Crippen LogP) is 4.28. The van der Waals surface area contributed by atoms with Crippen molar-refractivity contribution in [3.8, 4) is 0 Å². The Balaban J connectivity index is 2.15. The lowest BCUT2D eigenvalue weighted by molar-refractivity contribution is -0.119. The van der Waals surface area contributed by atoms with Crippen LogP contribution in [0.5, 0.6) is 0 Å². The maximum Gasteiger partial charge on any atom is 0.341 e. The van der Waals surface area contributed by atoms with Crippen molar-refractivity contribution < 1.29 is 22.0 Å². The van der Waals surface area contributed by atoms with Crippen LogP contribution >= 0.6 is 0 Å². The van der Waals surface area contributed by atoms with Crippen LogP contribution in [0.4, 0.5) is 20.2 Å². The van der Waals surface area contributed by atoms with Gasteiger partial charge in [0.2, 0.25) is 15.7 Å². The number of rotatable bonds is 8. The number of sulfone groups is 1. The second-order valence-electron chi connectivity index (χ2n) is 6.15. The summed E-state index contributed by atoms with van der Waals surface area (Å²) in [7, 11) is -4.70. The molecule has 2 aromatic carbocycles. The molecule has 1 unspecified atom stereocenters. The van der Waals surface area contributed by atoms with Crippen molar-refractivity contribution in [3.63, 3.8) is 0 Å². The molecule has 0 bridgehead atoms. The molecule has 8 heteroatoms. The average Bonchev–Trinajstić information content (AvgIpc) is 2.66. The van der Waals surface area contributed by atoms with Crippen molar-refractivity contribution in [2.45, 2.75) is 37.5 Å². The lowest BCUT2D eigenvalue weighted by Gasteiger charge is -2.14. The first-order valence-electron chi connectivity index (χ1n) is 8.50. The average molecular weight is 396 g/mol. The highest BCUT2D eigenvalue weighted by Crippen LogP contribution is 2.26. The maximum absolute atomic E-state index is 12.9. The third-order valence-corrected chi connectivity index (χ3v) is 5.60. The molecule has 1 amide bonds. The minimum atomic E-state index is -4.70. The van der Waals surface area contributed by atoms with Gasteiger partial charge in [-0.15, -0.1) is 0 Å². The number of carbonyl (C=O) groups is 1. The zero-order valence-electron chi connectivity index (χ0n) is 15.1. The van der Waals surface area contributed by atoms with E-state index in [9.17, 15) is 22.0 Å². The highest BCUT2D eigenvalue weighted by Gasteiger charge is 2.28. The lowest BCUT2D eigenvalue weighted by atomic mass is 10.1. The van der Waals surface area contributed by atoms with E-state index in [1.165, 1.54) is 12.1 Å². The molecule has 27 heavy (non-hydrogen) atoms. The number of anilines is 2. The Morgan fingerprint density at radius 2 is 1.81 bits per heavy atom. The normalized spacial score (nSPS) is 12.6. The van der Waals surface area contributed by atoms with Crippen molar-refractivity contribution in [1.82, 2.24) is 0 Å². The highest BCUT2D eigenvalue weighted by atomic mass is 32.2. The molecule has 0 spiro atoms. The second kappa shape index (κ2) is 8.94. The van der Waals surface area contributed by atoms with Gasteiger partial charge in [0.25, 0.3) is 0 Å². The van der Waals surface area contributed by atoms with Gasteiger partial charge in [-0.25, -0.2) is 8.42 Å². The first kappa shape index (κ1) is 20.8. The quantitative estimate of drug-likeness (QED) is 0.698. The van der Waals surface area contributed by atoms with Gasteiger partial charge in [-0.3, -0.25) is 4.79 Å². The maximum atomic E-state index is 12.9. The molecular formula is C19H22F2N2O3S. The van der Waals surface area contributed by atoms with Gasteiger partial charge in [-0.2, -0.15) is 8.78 Å². The van der Waals surface area contributed by atoms with Crippen LogP contribution in [0.25, 0.3) is 0 Å². The van der Waals surface area contributed by atoms with E-state index < -0.39 is 20.5 Å². The number of hydrogen-bond acceptors (Lipinski definition) is 4. The number of nitrogens with one attached hydrogen (secondary N) is 2. The SMILES string of the molecule is CCC(C)C(=O)Nc1cccc(CNc2ccccc2S(=O)(=O)C(F)F)c1. The van der Waals surface area contributed by atoms with Crippen LogP contribution in [0.15, 0.2) is 53.4 Å². The molecule has 0 aliphatic rings. The van der Waals surface area contributed by atoms with E-state index >= 15 is 0 Å². The van der Waals surface area contributed by atoms with Crippen LogP contribution in [0, 0.1) is 5.92 Å². The molecule has 0 aromatic heterocycles. The van der Waals surface area contributed by atoms with E-state index in [2.05, 4.69) is 10.6 Å². The molecule has 0 saturated heterocycles. The number of amides is 1. The van der Waals surface area contributed by atoms with Crippen LogP contribution in [0.3, 0.4) is 0 Å². The van der Waals surface area contributed by atoms with Crippen molar-refractivity contribution in [2.75, 3.05) is 10.6 Å². The Kier molecular flexibility index (Phi) is 6.90. The molecule has 0 fully saturated rings. The Morgan fingerprint density at radius 3 is 2.48 bits per heavy atom. The van der Waals surface area contributed by atoms with E-state index in [0.717, 1.165) is 18.1 Å². The third kappa shape index (κ3) is 5.26. The van der Waals surface area contributed by atoms with Crippen molar-refractivity contribution in [1.29, 1.82) is 0 Å². The van der Waals surface area contributed by atoms with Crippen molar-refractivity contribution in [2.24, 2.45) is 5.92 Å². The first-order valence-corrected chi connectivity index (χ1v) is 10.0. The fourth-order valence-corrected chi connectivity index (χ4v) is 3.27. The van der Waals surface area contributed by atoms with E-state index in [1.807, 2.05) is 13.8 Å². The summed E-state index contributed by atoms with van der Waals surface area (Å²) in [5, 5.41) is 5.70. The minimum absolute atomic E-state index is 0.0871. The molecule has 0 aliphatic carbocycles. The molecule has 0 radical (unpaired) electrons. The molecule has 5 nitrogen and oxygen atoms in total. The lowest BCUT2D eigenvalue weighted by Crippen LogP contribution is -2.19. The molecular weight excluding hydrogens is 374 g/mol. The molecule has 0 heterocycles. The summed E-state index contributed by atoms with van der Waals surface area (Å²) in [6.45, 7) is 3.97. The topological polar surface area (TPSA) is 75.3 Å². The van der Waals surface area contributed by atoms with Crippen LogP contribution < -0.4 is 10.6 Å². The van der Waals surface area contributed by atoms with Gasteiger partial charge in [0.15, 0.2) is 0 Å². The number of carbonyl (C=O) groups excluding carboxylic acids is 1. The van der Waals surface area contributed by atoms with E-state index in [-0.39, 0.29) is 24.1 Å². The summed E-state index contributed by atoms with van der Waals surface area (Å²) >= 11 is 0. The molecule has 1 atom stereocenters. The summed E-state index contributed by atoms with van der Waals surface area (Å²) in [6.07, 6.45) is 0.725. The van der Waals surface area contributed by atoms with Crippen molar-refractivity contribution in [3.05, 3.63) is 54.1 Å². The molecule has 2 aromatic rings. The smallest absolute Gasteiger partial charge is 0.341 e. The minimum Gasteiger partial charge on any atom is -0.380 e. The van der Waals surface area contributed by atoms with Crippen LogP contribution in [0.2, 0.25) is 0 Å². The Morgan fingerprint density at radius 1 is 1.11 bits per heavy atom. The summed E-state index contributed by atoms with van der Waals surface area (Å²) in [5.74, 6) is -3.69. The van der Waals surface area contributed by atoms with Crippen LogP contribution in [-0.4, -0.2) is 20.1 Å². The summed E-state index contributed by atoms with van der Waals surface area (Å²) in [6, 6.07) is 12.6. The van der Waals surface area contributed by atoms with Crippen LogP contribution in [-0.2, 0) is 21.2 Å². The van der Waals surface area contributed by atoms with Crippen molar-refractivity contribution >= 4 is 27.1 Å². The zero-order chi connectivity index (χ0) is 20.0. The van der Waals surface area contributed by atoms with Gasteiger partial charge in [0.1, 0.15) is 0 Å². The number of halogens is 2. The Labute approximate surface area is 157 Å². The fourth-order valence-electron chi connectivity index (χ4n) is 2.36. The third-order valence-electron chi connectivity index (χ3n) is 4.17. The number of para-hydroxylation sites is 1. The summed E-state index contributed by atoms with van der Waals surface area (Å²) in [4.78, 5) is 11.5. The molecule has 2 N–H and O–H groups in total. The molecule has 0 aliphatic heterocycles. The summed E-state index contributed by atoms with van der Waals surface area (Å²) in [5.41, 5.74) is 1.49. The predicted molar refractivity (Wildman–Crippen MR) is 101 cm³/mol. The van der Waals surface area contributed by atoms with Gasteiger partial charge in [-0.1, -0.05) is 38.1 Å². The highest BCUT2D eigenvalue weighted by molar-refractivity contribution is 7.91. The standard InChI is InChI=1S/C19H22F2N2O3S/c1-3-13(2)18(24)23-15-8-6-7-14(11-15)12-22-16-9-4-5-10-17(16)27(25,26)19(20)21/h4-11,13,19,22H,3,12H2,1-2H3,(H,23,24). The second-order valence-corrected chi connectivity index (χ2v) is 8.04. The van der Waals surface area contributed by atoms with Crippen LogP contribution in [0.1, 0.15) is 25.8 Å². The zero-order valence-corrected chi connectivity index (χ0v) is 15.9. The Bertz CT molecular complexity index is 901. The fraction of sp³-hybridized carbons (Fsp3) is 0.316. The van der Waals surface area contributed by atoms with Gasteiger partial charge in [0.05, 0.1) is 10.6 Å². The van der Waals surface area contributed by atoms with Gasteiger partial charge >= 0.3 is 5.76 Å². The van der Waals surface area contributed by atoms with Gasteiger partial charge in [0, 0.05) is 18.2 Å². The number of hydrogen-bond donors (Lipinski definition) is 2. The monoisotopic (exact) mass is 396 g/mol. The first-order chi connectivity index (χ1) is 12.8. The summed E-state index contributed by atoms with van der Waals surface area (Å²) < 4.78 is 49.3.